The van der Waals surface area contributed by atoms with Crippen LogP contribution in [0.3, 0.4) is 0 Å². The first kappa shape index (κ1) is 15.5. The molecule has 116 valence electrons. The summed E-state index contributed by atoms with van der Waals surface area (Å²) in [6.45, 7) is 0. The molecule has 0 saturated heterocycles. The molecule has 0 spiro atoms. The van der Waals surface area contributed by atoms with Crippen LogP contribution in [-0.4, -0.2) is 29.7 Å². The molecule has 2 aromatic carbocycles. The molecule has 0 saturated carbocycles. The van der Waals surface area contributed by atoms with Gasteiger partial charge in [-0.1, -0.05) is 29.3 Å². The van der Waals surface area contributed by atoms with E-state index in [0.29, 0.717) is 10.0 Å². The van der Waals surface area contributed by atoms with Gasteiger partial charge in [-0.2, -0.15) is 0 Å². The zero-order valence-corrected chi connectivity index (χ0v) is 13.4. The Bertz CT molecular complexity index is 844. The van der Waals surface area contributed by atoms with Crippen LogP contribution in [0.25, 0.3) is 0 Å². The van der Waals surface area contributed by atoms with E-state index >= 15 is 0 Å². The van der Waals surface area contributed by atoms with Crippen LogP contribution in [0.4, 0.5) is 5.69 Å². The number of anilines is 1. The zero-order valence-electron chi connectivity index (χ0n) is 11.9. The van der Waals surface area contributed by atoms with E-state index in [4.69, 9.17) is 23.2 Å². The second-order valence-electron chi connectivity index (χ2n) is 5.01. The minimum atomic E-state index is -0.474. The van der Waals surface area contributed by atoms with Crippen molar-refractivity contribution in [2.75, 3.05) is 12.4 Å². The van der Waals surface area contributed by atoms with Crippen molar-refractivity contribution in [2.45, 2.75) is 0 Å². The predicted molar refractivity (Wildman–Crippen MR) is 87.3 cm³/mol. The zero-order chi connectivity index (χ0) is 16.7. The summed E-state index contributed by atoms with van der Waals surface area (Å²) in [5.74, 6) is -1.32. The predicted octanol–water partition coefficient (Wildman–Crippen LogP) is 3.47. The maximum absolute atomic E-state index is 12.3. The van der Waals surface area contributed by atoms with Gasteiger partial charge in [-0.3, -0.25) is 19.3 Å². The number of amides is 3. The molecule has 1 heterocycles. The molecule has 5 nitrogen and oxygen atoms in total. The number of rotatable bonds is 2. The standard InChI is InChI=1S/C16H10Cl2N2O3/c1-20-15(22)11-3-2-4-12(13(11)16(20)23)19-14(21)8-5-9(17)7-10(18)6-8/h2-7H,1H3,(H,19,21). The third kappa shape index (κ3) is 2.69. The minimum Gasteiger partial charge on any atom is -0.321 e. The molecule has 0 atom stereocenters. The van der Waals surface area contributed by atoms with Crippen molar-refractivity contribution in [1.29, 1.82) is 0 Å². The molecule has 7 heteroatoms. The third-order valence-electron chi connectivity index (χ3n) is 3.49. The van der Waals surface area contributed by atoms with Crippen molar-refractivity contribution in [3.05, 3.63) is 63.1 Å². The fourth-order valence-electron chi connectivity index (χ4n) is 2.39. The van der Waals surface area contributed by atoms with Gasteiger partial charge in [0.05, 0.1) is 16.8 Å². The van der Waals surface area contributed by atoms with Crippen LogP contribution in [0.15, 0.2) is 36.4 Å². The Morgan fingerprint density at radius 1 is 1.04 bits per heavy atom. The summed E-state index contributed by atoms with van der Waals surface area (Å²) in [6, 6.07) is 9.15. The van der Waals surface area contributed by atoms with Gasteiger partial charge in [0.1, 0.15) is 0 Å². The first-order valence-electron chi connectivity index (χ1n) is 6.61. The highest BCUT2D eigenvalue weighted by atomic mass is 35.5. The van der Waals surface area contributed by atoms with Gasteiger partial charge in [-0.25, -0.2) is 0 Å². The van der Waals surface area contributed by atoms with Gasteiger partial charge in [0, 0.05) is 22.7 Å². The van der Waals surface area contributed by atoms with E-state index in [-0.39, 0.29) is 22.4 Å². The van der Waals surface area contributed by atoms with Crippen molar-refractivity contribution in [3.8, 4) is 0 Å². The van der Waals surface area contributed by atoms with Gasteiger partial charge >= 0.3 is 0 Å². The molecule has 1 N–H and O–H groups in total. The molecule has 1 aliphatic rings. The Hall–Kier alpha value is -2.37. The summed E-state index contributed by atoms with van der Waals surface area (Å²) in [5.41, 5.74) is 0.970. The third-order valence-corrected chi connectivity index (χ3v) is 3.93. The largest absolute Gasteiger partial charge is 0.321 e. The van der Waals surface area contributed by atoms with Crippen molar-refractivity contribution in [1.82, 2.24) is 4.90 Å². The van der Waals surface area contributed by atoms with Crippen molar-refractivity contribution in [3.63, 3.8) is 0 Å². The SMILES string of the molecule is CN1C(=O)c2cccc(NC(=O)c3cc(Cl)cc(Cl)c3)c2C1=O. The molecule has 23 heavy (non-hydrogen) atoms. The number of hydrogen-bond acceptors (Lipinski definition) is 3. The van der Waals surface area contributed by atoms with E-state index in [0.717, 1.165) is 4.90 Å². The molecular weight excluding hydrogens is 339 g/mol. The Morgan fingerprint density at radius 2 is 1.70 bits per heavy atom. The van der Waals surface area contributed by atoms with E-state index in [1.165, 1.54) is 25.2 Å². The Kier molecular flexibility index (Phi) is 3.83. The normalized spacial score (nSPS) is 13.3. The maximum atomic E-state index is 12.3. The van der Waals surface area contributed by atoms with Crippen LogP contribution in [0.2, 0.25) is 10.0 Å². The highest BCUT2D eigenvalue weighted by Crippen LogP contribution is 2.29. The number of carbonyl (C=O) groups excluding carboxylic acids is 3. The first-order chi connectivity index (χ1) is 10.9. The van der Waals surface area contributed by atoms with Crippen LogP contribution in [0, 0.1) is 0 Å². The number of nitrogens with zero attached hydrogens (tertiary/aromatic N) is 1. The lowest BCUT2D eigenvalue weighted by molar-refractivity contribution is 0.0693. The smallest absolute Gasteiger partial charge is 0.263 e. The maximum Gasteiger partial charge on any atom is 0.263 e. The minimum absolute atomic E-state index is 0.182. The lowest BCUT2D eigenvalue weighted by atomic mass is 10.1. The van der Waals surface area contributed by atoms with E-state index in [1.54, 1.807) is 18.2 Å². The van der Waals surface area contributed by atoms with Crippen LogP contribution in [0.1, 0.15) is 31.1 Å². The quantitative estimate of drug-likeness (QED) is 0.845. The molecule has 1 aliphatic heterocycles. The second-order valence-corrected chi connectivity index (χ2v) is 5.88. The summed E-state index contributed by atoms with van der Waals surface area (Å²) in [6.07, 6.45) is 0. The number of imide groups is 1. The highest BCUT2D eigenvalue weighted by molar-refractivity contribution is 6.35. The molecule has 0 unspecified atom stereocenters. The summed E-state index contributed by atoms with van der Waals surface area (Å²) in [4.78, 5) is 37.5. The van der Waals surface area contributed by atoms with Gasteiger partial charge < -0.3 is 5.32 Å². The van der Waals surface area contributed by atoms with Crippen LogP contribution in [-0.2, 0) is 0 Å². The van der Waals surface area contributed by atoms with Gasteiger partial charge in [0.2, 0.25) is 0 Å². The molecular formula is C16H10Cl2N2O3. The second kappa shape index (κ2) is 5.68. The molecule has 0 fully saturated rings. The summed E-state index contributed by atoms with van der Waals surface area (Å²) >= 11 is 11.8. The van der Waals surface area contributed by atoms with Crippen LogP contribution in [0.5, 0.6) is 0 Å². The topological polar surface area (TPSA) is 66.5 Å². The number of benzene rings is 2. The molecule has 0 radical (unpaired) electrons. The van der Waals surface area contributed by atoms with E-state index in [1.807, 2.05) is 0 Å². The lowest BCUT2D eigenvalue weighted by Gasteiger charge is -2.09. The van der Waals surface area contributed by atoms with E-state index in [9.17, 15) is 14.4 Å². The fourth-order valence-corrected chi connectivity index (χ4v) is 2.91. The number of hydrogen-bond donors (Lipinski definition) is 1. The molecule has 2 aromatic rings. The average Bonchev–Trinajstić information content (AvgIpc) is 2.72. The Balaban J connectivity index is 1.98. The number of carbonyl (C=O) groups is 3. The summed E-state index contributed by atoms with van der Waals surface area (Å²) < 4.78 is 0. The number of halogens is 2. The van der Waals surface area contributed by atoms with Gasteiger partial charge in [0.25, 0.3) is 17.7 Å². The fraction of sp³-hybridized carbons (Fsp3) is 0.0625. The Labute approximate surface area is 141 Å². The van der Waals surface area contributed by atoms with Crippen molar-refractivity contribution in [2.24, 2.45) is 0 Å². The van der Waals surface area contributed by atoms with Crippen molar-refractivity contribution < 1.29 is 14.4 Å². The highest BCUT2D eigenvalue weighted by Gasteiger charge is 2.35. The van der Waals surface area contributed by atoms with Gasteiger partial charge in [0.15, 0.2) is 0 Å². The Morgan fingerprint density at radius 3 is 2.35 bits per heavy atom. The van der Waals surface area contributed by atoms with Gasteiger partial charge in [-0.05, 0) is 30.3 Å². The van der Waals surface area contributed by atoms with Crippen LogP contribution >= 0.6 is 23.2 Å². The van der Waals surface area contributed by atoms with Gasteiger partial charge in [-0.15, -0.1) is 0 Å². The lowest BCUT2D eigenvalue weighted by Crippen LogP contribution is -2.24. The van der Waals surface area contributed by atoms with E-state index < -0.39 is 17.7 Å². The van der Waals surface area contributed by atoms with E-state index in [2.05, 4.69) is 5.32 Å². The summed E-state index contributed by atoms with van der Waals surface area (Å²) in [5, 5.41) is 3.28. The molecule has 3 rings (SSSR count). The average molecular weight is 349 g/mol. The summed E-state index contributed by atoms with van der Waals surface area (Å²) in [7, 11) is 1.40. The number of fused-ring (bicyclic) bond motifs is 1. The monoisotopic (exact) mass is 348 g/mol. The molecule has 0 aromatic heterocycles. The molecule has 3 amide bonds. The van der Waals surface area contributed by atoms with Crippen molar-refractivity contribution >= 4 is 46.6 Å². The molecule has 0 aliphatic carbocycles. The van der Waals surface area contributed by atoms with Crippen LogP contribution < -0.4 is 5.32 Å². The number of nitrogens with one attached hydrogen (secondary N) is 1. The first-order valence-corrected chi connectivity index (χ1v) is 7.37. The molecule has 0 bridgehead atoms.